The van der Waals surface area contributed by atoms with Gasteiger partial charge in [0.25, 0.3) is 5.69 Å². The Hall–Kier alpha value is -3.19. The van der Waals surface area contributed by atoms with Crippen molar-refractivity contribution < 1.29 is 9.66 Å². The first-order valence-electron chi connectivity index (χ1n) is 8.44. The number of rotatable bonds is 4. The maximum absolute atomic E-state index is 11.2. The van der Waals surface area contributed by atoms with Gasteiger partial charge in [-0.1, -0.05) is 0 Å². The second kappa shape index (κ2) is 6.97. The van der Waals surface area contributed by atoms with Crippen molar-refractivity contribution in [2.24, 2.45) is 0 Å². The number of hydrogen-bond acceptors (Lipinski definition) is 6. The number of morpholine rings is 1. The Morgan fingerprint density at radius 3 is 2.58 bits per heavy atom. The zero-order chi connectivity index (χ0) is 17.9. The molecule has 132 valence electrons. The maximum atomic E-state index is 11.2. The monoisotopic (exact) mass is 350 g/mol. The number of aromatic nitrogens is 1. The molecule has 1 aromatic heterocycles. The van der Waals surface area contributed by atoms with Crippen LogP contribution >= 0.6 is 0 Å². The van der Waals surface area contributed by atoms with Crippen molar-refractivity contribution in [1.82, 2.24) is 4.98 Å². The fourth-order valence-electron chi connectivity index (χ4n) is 3.15. The number of pyridine rings is 1. The molecule has 0 unspecified atom stereocenters. The summed E-state index contributed by atoms with van der Waals surface area (Å²) in [7, 11) is 0. The predicted molar refractivity (Wildman–Crippen MR) is 101 cm³/mol. The quantitative estimate of drug-likeness (QED) is 0.570. The van der Waals surface area contributed by atoms with E-state index in [1.807, 2.05) is 12.1 Å². The SMILES string of the molecule is O=[N+]([O-])c1ccc(Nc2ccc(N3CCOCC3)cc2)c2ncccc12. The summed E-state index contributed by atoms with van der Waals surface area (Å²) >= 11 is 0. The van der Waals surface area contributed by atoms with E-state index < -0.39 is 0 Å². The molecule has 2 aromatic carbocycles. The number of benzene rings is 2. The molecule has 7 heteroatoms. The highest BCUT2D eigenvalue weighted by Crippen LogP contribution is 2.32. The van der Waals surface area contributed by atoms with Gasteiger partial charge in [-0.05, 0) is 42.5 Å². The topological polar surface area (TPSA) is 80.5 Å². The molecule has 0 atom stereocenters. The standard InChI is InChI=1S/C19H18N4O3/c24-23(25)18-8-7-17(19-16(18)2-1-9-20-19)21-14-3-5-15(6-4-14)22-10-12-26-13-11-22/h1-9,21H,10-13H2. The van der Waals surface area contributed by atoms with Gasteiger partial charge in [-0.15, -0.1) is 0 Å². The third-order valence-corrected chi connectivity index (χ3v) is 4.47. The largest absolute Gasteiger partial charge is 0.378 e. The normalized spacial score (nSPS) is 14.4. The highest BCUT2D eigenvalue weighted by Gasteiger charge is 2.15. The van der Waals surface area contributed by atoms with Gasteiger partial charge in [-0.25, -0.2) is 0 Å². The Bertz CT molecular complexity index is 937. The summed E-state index contributed by atoms with van der Waals surface area (Å²) in [5, 5.41) is 15.1. The summed E-state index contributed by atoms with van der Waals surface area (Å²) in [5.74, 6) is 0. The Kier molecular flexibility index (Phi) is 4.37. The third-order valence-electron chi connectivity index (χ3n) is 4.47. The van der Waals surface area contributed by atoms with Crippen LogP contribution in [-0.4, -0.2) is 36.2 Å². The highest BCUT2D eigenvalue weighted by molar-refractivity contribution is 5.97. The van der Waals surface area contributed by atoms with E-state index in [9.17, 15) is 10.1 Å². The van der Waals surface area contributed by atoms with Crippen molar-refractivity contribution >= 4 is 33.7 Å². The van der Waals surface area contributed by atoms with E-state index in [2.05, 4.69) is 27.3 Å². The van der Waals surface area contributed by atoms with E-state index in [4.69, 9.17) is 4.74 Å². The van der Waals surface area contributed by atoms with Crippen molar-refractivity contribution in [3.63, 3.8) is 0 Å². The number of nitro groups is 1. The molecule has 1 aliphatic heterocycles. The van der Waals surface area contributed by atoms with Crippen molar-refractivity contribution in [3.05, 3.63) is 64.8 Å². The van der Waals surface area contributed by atoms with Gasteiger partial charge < -0.3 is 15.0 Å². The smallest absolute Gasteiger partial charge is 0.278 e. The average Bonchev–Trinajstić information content (AvgIpc) is 2.69. The van der Waals surface area contributed by atoms with Gasteiger partial charge in [0, 0.05) is 36.7 Å². The van der Waals surface area contributed by atoms with Crippen molar-refractivity contribution in [2.75, 3.05) is 36.5 Å². The number of non-ortho nitro benzene ring substituents is 1. The van der Waals surface area contributed by atoms with E-state index in [-0.39, 0.29) is 10.6 Å². The summed E-state index contributed by atoms with van der Waals surface area (Å²) in [5.41, 5.74) is 3.44. The number of nitrogens with one attached hydrogen (secondary N) is 1. The first-order chi connectivity index (χ1) is 12.7. The molecule has 0 bridgehead atoms. The predicted octanol–water partition coefficient (Wildman–Crippen LogP) is 3.72. The van der Waals surface area contributed by atoms with Gasteiger partial charge in [0.2, 0.25) is 0 Å². The molecule has 1 aliphatic rings. The van der Waals surface area contributed by atoms with Gasteiger partial charge in [-0.2, -0.15) is 0 Å². The maximum Gasteiger partial charge on any atom is 0.278 e. The number of nitro benzene ring substituents is 1. The van der Waals surface area contributed by atoms with Crippen LogP contribution in [0.5, 0.6) is 0 Å². The lowest BCUT2D eigenvalue weighted by molar-refractivity contribution is -0.383. The van der Waals surface area contributed by atoms with Crippen LogP contribution in [0.2, 0.25) is 0 Å². The van der Waals surface area contributed by atoms with Crippen LogP contribution in [0.3, 0.4) is 0 Å². The van der Waals surface area contributed by atoms with Crippen molar-refractivity contribution in [3.8, 4) is 0 Å². The Balaban J connectivity index is 1.61. The minimum Gasteiger partial charge on any atom is -0.378 e. The molecular weight excluding hydrogens is 332 g/mol. The van der Waals surface area contributed by atoms with Crippen LogP contribution in [-0.2, 0) is 4.74 Å². The van der Waals surface area contributed by atoms with E-state index in [1.165, 1.54) is 6.07 Å². The van der Waals surface area contributed by atoms with E-state index in [0.29, 0.717) is 10.9 Å². The molecular formula is C19H18N4O3. The molecule has 0 amide bonds. The highest BCUT2D eigenvalue weighted by atomic mass is 16.6. The van der Waals surface area contributed by atoms with Gasteiger partial charge in [0.1, 0.15) is 5.52 Å². The fraction of sp³-hybridized carbons (Fsp3) is 0.211. The Morgan fingerprint density at radius 1 is 1.08 bits per heavy atom. The second-order valence-corrected chi connectivity index (χ2v) is 6.06. The van der Waals surface area contributed by atoms with E-state index in [0.717, 1.165) is 43.4 Å². The molecule has 0 spiro atoms. The van der Waals surface area contributed by atoms with Crippen LogP contribution in [0.25, 0.3) is 10.9 Å². The van der Waals surface area contributed by atoms with Crippen LogP contribution in [0.1, 0.15) is 0 Å². The minimum atomic E-state index is -0.384. The lowest BCUT2D eigenvalue weighted by Crippen LogP contribution is -2.36. The molecule has 1 N–H and O–H groups in total. The lowest BCUT2D eigenvalue weighted by Gasteiger charge is -2.29. The van der Waals surface area contributed by atoms with E-state index in [1.54, 1.807) is 24.4 Å². The fourth-order valence-corrected chi connectivity index (χ4v) is 3.15. The zero-order valence-corrected chi connectivity index (χ0v) is 14.1. The number of ether oxygens (including phenoxy) is 1. The first kappa shape index (κ1) is 16.3. The third kappa shape index (κ3) is 3.16. The molecule has 0 radical (unpaired) electrons. The number of anilines is 3. The van der Waals surface area contributed by atoms with Crippen LogP contribution in [0.15, 0.2) is 54.7 Å². The van der Waals surface area contributed by atoms with Gasteiger partial charge in [0.05, 0.1) is 29.2 Å². The van der Waals surface area contributed by atoms with Crippen LogP contribution < -0.4 is 10.2 Å². The summed E-state index contributed by atoms with van der Waals surface area (Å²) in [6.45, 7) is 3.29. The van der Waals surface area contributed by atoms with E-state index >= 15 is 0 Å². The first-order valence-corrected chi connectivity index (χ1v) is 8.44. The lowest BCUT2D eigenvalue weighted by atomic mass is 10.1. The molecule has 4 rings (SSSR count). The molecule has 0 aliphatic carbocycles. The molecule has 7 nitrogen and oxygen atoms in total. The Morgan fingerprint density at radius 2 is 1.85 bits per heavy atom. The molecule has 0 saturated carbocycles. The second-order valence-electron chi connectivity index (χ2n) is 6.06. The number of nitrogens with zero attached hydrogens (tertiary/aromatic N) is 3. The number of hydrogen-bond donors (Lipinski definition) is 1. The Labute approximate surface area is 150 Å². The van der Waals surface area contributed by atoms with Gasteiger partial charge in [0.15, 0.2) is 0 Å². The minimum absolute atomic E-state index is 0.0568. The summed E-state index contributed by atoms with van der Waals surface area (Å²) in [6.07, 6.45) is 1.64. The zero-order valence-electron chi connectivity index (χ0n) is 14.1. The summed E-state index contributed by atoms with van der Waals surface area (Å²) in [4.78, 5) is 17.4. The molecule has 3 aromatic rings. The molecule has 2 heterocycles. The summed E-state index contributed by atoms with van der Waals surface area (Å²) < 4.78 is 5.38. The van der Waals surface area contributed by atoms with Crippen LogP contribution in [0, 0.1) is 10.1 Å². The molecule has 1 fully saturated rings. The summed E-state index contributed by atoms with van der Waals surface area (Å²) in [6, 6.07) is 14.8. The molecule has 1 saturated heterocycles. The van der Waals surface area contributed by atoms with Gasteiger partial charge in [-0.3, -0.25) is 15.1 Å². The van der Waals surface area contributed by atoms with Crippen molar-refractivity contribution in [2.45, 2.75) is 0 Å². The van der Waals surface area contributed by atoms with Crippen LogP contribution in [0.4, 0.5) is 22.7 Å². The van der Waals surface area contributed by atoms with Crippen molar-refractivity contribution in [1.29, 1.82) is 0 Å². The van der Waals surface area contributed by atoms with Gasteiger partial charge >= 0.3 is 0 Å². The average molecular weight is 350 g/mol. The number of fused-ring (bicyclic) bond motifs is 1. The molecule has 26 heavy (non-hydrogen) atoms.